The van der Waals surface area contributed by atoms with E-state index in [4.69, 9.17) is 25.4 Å². The van der Waals surface area contributed by atoms with Gasteiger partial charge in [0.2, 0.25) is 5.95 Å². The molecule has 5 rings (SSSR count). The maximum absolute atomic E-state index is 6.10. The lowest BCUT2D eigenvalue weighted by atomic mass is 9.92. The highest BCUT2D eigenvalue weighted by Gasteiger charge is 2.23. The van der Waals surface area contributed by atoms with E-state index in [-0.39, 0.29) is 37.2 Å². The van der Waals surface area contributed by atoms with Crippen molar-refractivity contribution >= 4 is 60.2 Å². The highest BCUT2D eigenvalue weighted by molar-refractivity contribution is 5.86. The number of nitrogens with one attached hydrogen (secondary N) is 3. The Morgan fingerprint density at radius 1 is 0.947 bits per heavy atom. The average molecular weight is 588 g/mol. The Balaban J connectivity index is 0.00000169. The van der Waals surface area contributed by atoms with Crippen molar-refractivity contribution in [3.05, 3.63) is 36.2 Å². The van der Waals surface area contributed by atoms with Crippen LogP contribution in [-0.4, -0.2) is 51.8 Å². The highest BCUT2D eigenvalue weighted by atomic mass is 35.5. The summed E-state index contributed by atoms with van der Waals surface area (Å²) < 4.78 is 7.49. The molecule has 2 aliphatic carbocycles. The predicted octanol–water partition coefficient (Wildman–Crippen LogP) is 5.10. The van der Waals surface area contributed by atoms with Crippen molar-refractivity contribution in [2.45, 2.75) is 76.0 Å². The van der Waals surface area contributed by atoms with E-state index in [1.54, 1.807) is 7.11 Å². The molecule has 9 nitrogen and oxygen atoms in total. The van der Waals surface area contributed by atoms with Crippen LogP contribution in [0, 0.1) is 0 Å². The molecule has 0 aliphatic heterocycles. The van der Waals surface area contributed by atoms with E-state index in [1.165, 1.54) is 31.2 Å². The lowest BCUT2D eigenvalue weighted by molar-refractivity contribution is 0.410. The molecule has 5 N–H and O–H groups in total. The molecule has 0 amide bonds. The van der Waals surface area contributed by atoms with E-state index in [9.17, 15) is 0 Å². The van der Waals surface area contributed by atoms with Gasteiger partial charge in [-0.1, -0.05) is 25.0 Å². The number of ether oxygens (including phenoxy) is 1. The number of anilines is 2. The smallest absolute Gasteiger partial charge is 0.227 e. The zero-order chi connectivity index (χ0) is 24.0. The van der Waals surface area contributed by atoms with Crippen molar-refractivity contribution in [2.24, 2.45) is 5.73 Å². The summed E-state index contributed by atoms with van der Waals surface area (Å²) in [5, 5.41) is 10.6. The Morgan fingerprint density at radius 3 is 2.34 bits per heavy atom. The van der Waals surface area contributed by atoms with Crippen LogP contribution in [0.25, 0.3) is 11.2 Å². The van der Waals surface area contributed by atoms with E-state index >= 15 is 0 Å². The van der Waals surface area contributed by atoms with E-state index in [1.807, 2.05) is 18.5 Å². The first-order chi connectivity index (χ1) is 17.2. The van der Waals surface area contributed by atoms with Crippen molar-refractivity contribution in [3.63, 3.8) is 0 Å². The minimum Gasteiger partial charge on any atom is -0.497 e. The average Bonchev–Trinajstić information content (AvgIpc) is 3.56. The molecule has 0 unspecified atom stereocenters. The zero-order valence-electron chi connectivity index (χ0n) is 21.9. The molecule has 0 spiro atoms. The normalized spacial score (nSPS) is 19.2. The van der Waals surface area contributed by atoms with Gasteiger partial charge >= 0.3 is 0 Å². The Bertz CT molecular complexity index is 1100. The van der Waals surface area contributed by atoms with Gasteiger partial charge in [0.1, 0.15) is 5.75 Å². The van der Waals surface area contributed by atoms with Gasteiger partial charge in [-0.15, -0.1) is 37.2 Å². The quantitative estimate of drug-likeness (QED) is 0.242. The molecular weight excluding hydrogens is 547 g/mol. The van der Waals surface area contributed by atoms with Crippen molar-refractivity contribution in [3.8, 4) is 5.75 Å². The molecule has 12 heteroatoms. The number of imidazole rings is 1. The molecular formula is C26H41Cl3N8O. The SMILES string of the molecule is COc1ccc(CNCCNc2nc(N[C@H]3CC[C@H](N)CC3)nc3c2ncn3C2CCCC2)cc1.Cl.Cl.Cl. The fourth-order valence-electron chi connectivity index (χ4n) is 5.25. The van der Waals surface area contributed by atoms with Gasteiger partial charge in [0.25, 0.3) is 0 Å². The highest BCUT2D eigenvalue weighted by Crippen LogP contribution is 2.33. The first kappa shape index (κ1) is 32.2. The zero-order valence-corrected chi connectivity index (χ0v) is 24.3. The third-order valence-electron chi connectivity index (χ3n) is 7.33. The molecule has 3 aromatic rings. The number of nitrogens with two attached hydrogens (primary N) is 1. The predicted molar refractivity (Wildman–Crippen MR) is 162 cm³/mol. The Hall–Kier alpha value is -2.04. The second-order valence-corrected chi connectivity index (χ2v) is 9.87. The van der Waals surface area contributed by atoms with Gasteiger partial charge in [0, 0.05) is 37.8 Å². The van der Waals surface area contributed by atoms with E-state index < -0.39 is 0 Å². The largest absolute Gasteiger partial charge is 0.497 e. The van der Waals surface area contributed by atoms with Crippen LogP contribution >= 0.6 is 37.2 Å². The molecule has 0 saturated heterocycles. The Labute approximate surface area is 243 Å². The van der Waals surface area contributed by atoms with Crippen LogP contribution in [0.2, 0.25) is 0 Å². The number of halogens is 3. The molecule has 0 radical (unpaired) electrons. The van der Waals surface area contributed by atoms with Crippen LogP contribution in [0.1, 0.15) is 63.0 Å². The topological polar surface area (TPSA) is 115 Å². The van der Waals surface area contributed by atoms with E-state index in [0.717, 1.165) is 68.0 Å². The molecule has 1 aromatic carbocycles. The molecule has 0 atom stereocenters. The van der Waals surface area contributed by atoms with Crippen LogP contribution < -0.4 is 26.4 Å². The maximum atomic E-state index is 6.10. The lowest BCUT2D eigenvalue weighted by Gasteiger charge is -2.27. The summed E-state index contributed by atoms with van der Waals surface area (Å²) in [6, 6.07) is 9.31. The molecule has 38 heavy (non-hydrogen) atoms. The minimum atomic E-state index is 0. The van der Waals surface area contributed by atoms with Gasteiger partial charge in [-0.05, 0) is 56.2 Å². The number of hydrogen-bond donors (Lipinski definition) is 4. The summed E-state index contributed by atoms with van der Waals surface area (Å²) in [5.74, 6) is 2.36. The summed E-state index contributed by atoms with van der Waals surface area (Å²) in [5.41, 5.74) is 9.10. The molecule has 2 aromatic heterocycles. The third kappa shape index (κ3) is 7.99. The van der Waals surface area contributed by atoms with Gasteiger partial charge in [0.15, 0.2) is 17.0 Å². The van der Waals surface area contributed by atoms with Crippen LogP contribution in [-0.2, 0) is 6.54 Å². The van der Waals surface area contributed by atoms with Crippen LogP contribution in [0.5, 0.6) is 5.75 Å². The van der Waals surface area contributed by atoms with E-state index in [2.05, 4.69) is 32.7 Å². The number of benzene rings is 1. The van der Waals surface area contributed by atoms with Crippen molar-refractivity contribution in [1.82, 2.24) is 24.8 Å². The molecule has 0 bridgehead atoms. The first-order valence-corrected chi connectivity index (χ1v) is 13.0. The van der Waals surface area contributed by atoms with Gasteiger partial charge < -0.3 is 31.0 Å². The summed E-state index contributed by atoms with van der Waals surface area (Å²) in [6.45, 7) is 2.36. The van der Waals surface area contributed by atoms with Crippen LogP contribution in [0.15, 0.2) is 30.6 Å². The van der Waals surface area contributed by atoms with Crippen molar-refractivity contribution < 1.29 is 4.74 Å². The second kappa shape index (κ2) is 15.5. The van der Waals surface area contributed by atoms with Crippen molar-refractivity contribution in [2.75, 3.05) is 30.8 Å². The number of rotatable bonds is 10. The molecule has 2 fully saturated rings. The Morgan fingerprint density at radius 2 is 1.66 bits per heavy atom. The molecule has 2 saturated carbocycles. The molecule has 2 heterocycles. The lowest BCUT2D eigenvalue weighted by Crippen LogP contribution is -2.33. The second-order valence-electron chi connectivity index (χ2n) is 9.87. The Kier molecular flexibility index (Phi) is 13.1. The van der Waals surface area contributed by atoms with Gasteiger partial charge in [-0.3, -0.25) is 0 Å². The molecule has 212 valence electrons. The van der Waals surface area contributed by atoms with Gasteiger partial charge in [-0.25, -0.2) is 4.98 Å². The van der Waals surface area contributed by atoms with E-state index in [0.29, 0.717) is 24.1 Å². The minimum absolute atomic E-state index is 0. The summed E-state index contributed by atoms with van der Waals surface area (Å²) in [6.07, 6.45) is 11.1. The van der Waals surface area contributed by atoms with Gasteiger partial charge in [-0.2, -0.15) is 9.97 Å². The standard InChI is InChI=1S/C26H38N8O.3ClH/c1-35-22-12-6-18(7-13-22)16-28-14-15-29-24-23-25(34(17-30-23)21-4-2-3-5-21)33-26(32-24)31-20-10-8-19(27)9-11-20;;;/h6-7,12-13,17,19-21,28H,2-5,8-11,14-16,27H2,1H3,(H2,29,31,32,33);3*1H/t19-,20-;;;. The van der Waals surface area contributed by atoms with Crippen LogP contribution in [0.4, 0.5) is 11.8 Å². The van der Waals surface area contributed by atoms with Gasteiger partial charge in [0.05, 0.1) is 13.4 Å². The summed E-state index contributed by atoms with van der Waals surface area (Å²) in [4.78, 5) is 14.5. The number of fused-ring (bicyclic) bond motifs is 1. The monoisotopic (exact) mass is 586 g/mol. The van der Waals surface area contributed by atoms with Crippen molar-refractivity contribution in [1.29, 1.82) is 0 Å². The first-order valence-electron chi connectivity index (χ1n) is 13.0. The summed E-state index contributed by atoms with van der Waals surface area (Å²) >= 11 is 0. The molecule has 2 aliphatic rings. The maximum Gasteiger partial charge on any atom is 0.227 e. The fourth-order valence-corrected chi connectivity index (χ4v) is 5.25. The fraction of sp³-hybridized carbons (Fsp3) is 0.577. The summed E-state index contributed by atoms with van der Waals surface area (Å²) in [7, 11) is 1.69. The number of methoxy groups -OCH3 is 1. The number of hydrogen-bond acceptors (Lipinski definition) is 8. The third-order valence-corrected chi connectivity index (χ3v) is 7.33. The van der Waals surface area contributed by atoms with Crippen LogP contribution in [0.3, 0.4) is 0 Å². The number of aromatic nitrogens is 4. The number of nitrogens with zero attached hydrogens (tertiary/aromatic N) is 4.